The van der Waals surface area contributed by atoms with E-state index in [0.29, 0.717) is 13.2 Å². The summed E-state index contributed by atoms with van der Waals surface area (Å²) in [5.74, 6) is 8.06. The van der Waals surface area contributed by atoms with E-state index in [1.165, 1.54) is 16.7 Å². The Labute approximate surface area is 227 Å². The number of allylic oxidation sites excluding steroid dienone is 7. The number of hydrogen-bond donors (Lipinski definition) is 3. The number of hydrazine groups is 1. The molecule has 206 valence electrons. The summed E-state index contributed by atoms with van der Waals surface area (Å²) in [6.07, 6.45) is 23.7. The van der Waals surface area contributed by atoms with Crippen LogP contribution in [0.15, 0.2) is 88.4 Å². The lowest BCUT2D eigenvalue weighted by Crippen LogP contribution is -2.25. The molecule has 1 aliphatic heterocycles. The van der Waals surface area contributed by atoms with E-state index in [2.05, 4.69) is 86.8 Å². The summed E-state index contributed by atoms with van der Waals surface area (Å²) in [7, 11) is 3.63. The number of nitrogens with zero attached hydrogens (tertiary/aromatic N) is 2. The summed E-state index contributed by atoms with van der Waals surface area (Å²) >= 11 is 0. The number of hydrogen-bond acceptors (Lipinski definition) is 6. The summed E-state index contributed by atoms with van der Waals surface area (Å²) < 4.78 is 5.22. The molecule has 0 aliphatic carbocycles. The van der Waals surface area contributed by atoms with E-state index in [1.54, 1.807) is 14.0 Å². The van der Waals surface area contributed by atoms with E-state index in [-0.39, 0.29) is 5.41 Å². The number of hydrazone groups is 1. The molecule has 0 bridgehead atoms. The van der Waals surface area contributed by atoms with Gasteiger partial charge in [-0.3, -0.25) is 10.9 Å². The van der Waals surface area contributed by atoms with Crippen molar-refractivity contribution in [3.05, 3.63) is 83.3 Å². The largest absolute Gasteiger partial charge is 0.385 e. The fraction of sp³-hybridized carbons (Fsp3) is 0.452. The van der Waals surface area contributed by atoms with Gasteiger partial charge in [-0.2, -0.15) is 5.10 Å². The van der Waals surface area contributed by atoms with Crippen LogP contribution in [-0.2, 0) is 4.74 Å². The minimum absolute atomic E-state index is 0.0747. The molecule has 1 rings (SSSR count). The molecule has 0 aromatic carbocycles. The first-order valence-electron chi connectivity index (χ1n) is 12.7. The maximum absolute atomic E-state index is 5.81. The third-order valence-electron chi connectivity index (χ3n) is 4.89. The van der Waals surface area contributed by atoms with Gasteiger partial charge in [-0.25, -0.2) is 0 Å². The topological polar surface area (TPSA) is 74.9 Å². The summed E-state index contributed by atoms with van der Waals surface area (Å²) in [6.45, 7) is 20.2. The third-order valence-corrected chi connectivity index (χ3v) is 4.89. The van der Waals surface area contributed by atoms with E-state index < -0.39 is 0 Å². The van der Waals surface area contributed by atoms with Crippen molar-refractivity contribution in [1.82, 2.24) is 15.8 Å². The highest BCUT2D eigenvalue weighted by Crippen LogP contribution is 2.25. The molecule has 6 heteroatoms. The van der Waals surface area contributed by atoms with Crippen LogP contribution in [0, 0.1) is 17.8 Å². The van der Waals surface area contributed by atoms with Crippen molar-refractivity contribution in [3.8, 4) is 12.3 Å². The summed E-state index contributed by atoms with van der Waals surface area (Å²) in [5, 5.41) is 9.55. The van der Waals surface area contributed by atoms with E-state index in [9.17, 15) is 0 Å². The zero-order chi connectivity index (χ0) is 28.7. The molecule has 0 fully saturated rings. The summed E-state index contributed by atoms with van der Waals surface area (Å²) in [5.41, 5.74) is 8.20. The summed E-state index contributed by atoms with van der Waals surface area (Å²) in [6, 6.07) is 0. The highest BCUT2D eigenvalue weighted by molar-refractivity contribution is 5.79. The van der Waals surface area contributed by atoms with Crippen molar-refractivity contribution in [2.45, 2.75) is 54.9 Å². The quantitative estimate of drug-likeness (QED) is 0.130. The normalized spacial score (nSPS) is 14.6. The maximum atomic E-state index is 5.81. The van der Waals surface area contributed by atoms with Gasteiger partial charge in [0, 0.05) is 26.9 Å². The van der Waals surface area contributed by atoms with Crippen molar-refractivity contribution in [3.63, 3.8) is 0 Å². The minimum Gasteiger partial charge on any atom is -0.385 e. The van der Waals surface area contributed by atoms with Crippen LogP contribution in [0.3, 0.4) is 0 Å². The Bertz CT molecular complexity index is 903. The number of rotatable bonds is 12. The van der Waals surface area contributed by atoms with Gasteiger partial charge in [-0.05, 0) is 48.5 Å². The fourth-order valence-electron chi connectivity index (χ4n) is 2.86. The first-order valence-corrected chi connectivity index (χ1v) is 12.7. The Balaban J connectivity index is 0. The van der Waals surface area contributed by atoms with Gasteiger partial charge < -0.3 is 15.5 Å². The van der Waals surface area contributed by atoms with Crippen molar-refractivity contribution in [2.75, 3.05) is 33.9 Å². The molecule has 1 heterocycles. The van der Waals surface area contributed by atoms with E-state index in [4.69, 9.17) is 10.6 Å². The van der Waals surface area contributed by atoms with Gasteiger partial charge >= 0.3 is 0 Å². The zero-order valence-corrected chi connectivity index (χ0v) is 24.7. The molecular formula is C31H51N5O. The molecule has 0 spiro atoms. The first kappa shape index (κ1) is 35.9. The predicted octanol–water partition coefficient (Wildman–Crippen LogP) is 6.03. The van der Waals surface area contributed by atoms with E-state index >= 15 is 0 Å². The number of ether oxygens (including phenoxy) is 1. The van der Waals surface area contributed by atoms with Crippen LogP contribution in [0.1, 0.15) is 54.9 Å². The fourth-order valence-corrected chi connectivity index (χ4v) is 2.86. The zero-order valence-electron chi connectivity index (χ0n) is 24.7. The number of terminal acetylenes is 1. The maximum Gasteiger partial charge on any atom is 0.0713 e. The van der Waals surface area contributed by atoms with Crippen LogP contribution in [-0.4, -0.2) is 45.1 Å². The Kier molecular flexibility index (Phi) is 21.3. The third kappa shape index (κ3) is 17.7. The molecule has 37 heavy (non-hydrogen) atoms. The number of nitrogens with one attached hydrogen (secondary N) is 2. The second kappa shape index (κ2) is 22.0. The molecule has 0 aromatic rings. The lowest BCUT2D eigenvalue weighted by atomic mass is 9.86. The van der Waals surface area contributed by atoms with Gasteiger partial charge in [0.25, 0.3) is 0 Å². The SMILES string of the molecule is C#CC.C=C/C(=C\C=C(/C)CN/C=C(NN)/C(/C=C\CC1=CCN(C)N=C1)=C/COC)C(C)(C)C.CC. The summed E-state index contributed by atoms with van der Waals surface area (Å²) in [4.78, 5) is 0. The van der Waals surface area contributed by atoms with Gasteiger partial charge in [0.05, 0.1) is 25.1 Å². The number of methoxy groups -OCH3 is 1. The van der Waals surface area contributed by atoms with Crippen LogP contribution >= 0.6 is 0 Å². The molecule has 6 nitrogen and oxygen atoms in total. The van der Waals surface area contributed by atoms with Crippen molar-refractivity contribution >= 4 is 6.21 Å². The predicted molar refractivity (Wildman–Crippen MR) is 164 cm³/mol. The average Bonchev–Trinajstić information content (AvgIpc) is 2.86. The van der Waals surface area contributed by atoms with Crippen LogP contribution < -0.4 is 16.6 Å². The molecule has 0 unspecified atom stereocenters. The molecule has 0 saturated carbocycles. The lowest BCUT2D eigenvalue weighted by molar-refractivity contribution is 0.233. The lowest BCUT2D eigenvalue weighted by Gasteiger charge is -2.19. The molecule has 0 aromatic heterocycles. The molecule has 0 amide bonds. The Hall–Kier alpha value is -3.27. The second-order valence-electron chi connectivity index (χ2n) is 9.05. The minimum atomic E-state index is 0.0747. The Morgan fingerprint density at radius 1 is 1.32 bits per heavy atom. The van der Waals surface area contributed by atoms with Crippen LogP contribution in [0.5, 0.6) is 0 Å². The molecule has 0 saturated heterocycles. The highest BCUT2D eigenvalue weighted by atomic mass is 16.5. The molecule has 0 radical (unpaired) electrons. The van der Waals surface area contributed by atoms with Gasteiger partial charge in [0.1, 0.15) is 0 Å². The number of nitrogens with two attached hydrogens (primary N) is 1. The van der Waals surface area contributed by atoms with Crippen molar-refractivity contribution in [1.29, 1.82) is 0 Å². The first-order chi connectivity index (χ1) is 17.6. The molecule has 0 atom stereocenters. The van der Waals surface area contributed by atoms with E-state index in [0.717, 1.165) is 24.2 Å². The molecule has 4 N–H and O–H groups in total. The van der Waals surface area contributed by atoms with Gasteiger partial charge in [-0.15, -0.1) is 12.3 Å². The van der Waals surface area contributed by atoms with Gasteiger partial charge in [-0.1, -0.05) is 83.2 Å². The van der Waals surface area contributed by atoms with Gasteiger partial charge in [0.2, 0.25) is 0 Å². The van der Waals surface area contributed by atoms with Crippen molar-refractivity contribution in [2.24, 2.45) is 16.4 Å². The smallest absolute Gasteiger partial charge is 0.0713 e. The van der Waals surface area contributed by atoms with E-state index in [1.807, 2.05) is 56.5 Å². The van der Waals surface area contributed by atoms with Crippen molar-refractivity contribution < 1.29 is 4.74 Å². The second-order valence-corrected chi connectivity index (χ2v) is 9.05. The molecule has 1 aliphatic rings. The van der Waals surface area contributed by atoms with Crippen LogP contribution in [0.4, 0.5) is 0 Å². The Morgan fingerprint density at radius 2 is 1.97 bits per heavy atom. The Morgan fingerprint density at radius 3 is 2.46 bits per heavy atom. The van der Waals surface area contributed by atoms with Gasteiger partial charge in [0.15, 0.2) is 0 Å². The van der Waals surface area contributed by atoms with Crippen LogP contribution in [0.2, 0.25) is 0 Å². The monoisotopic (exact) mass is 509 g/mol. The standard InChI is InChI=1S/C26H41N5O.C3H4.C2H6/c1-8-24(26(3,4)5)13-12-21(2)18-28-20-25(30-27)23(15-17-32-7)11-9-10-22-14-16-31(6)29-19-22;1-3-2;1-2/h8-9,11-15,19-20,28,30H,1,10,16-18,27H2,2-7H3;1H,2H3;1-2H3/b11-9-,21-12+,23-15+,24-13+,25-20-;;. The number of likely N-dealkylation sites (N-methyl/N-ethyl adjacent to an activating group) is 1. The van der Waals surface area contributed by atoms with Crippen LogP contribution in [0.25, 0.3) is 0 Å². The molecular weight excluding hydrogens is 458 g/mol. The highest BCUT2D eigenvalue weighted by Gasteiger charge is 2.12. The average molecular weight is 510 g/mol.